The highest BCUT2D eigenvalue weighted by atomic mass is 35.5. The molecule has 0 unspecified atom stereocenters. The summed E-state index contributed by atoms with van der Waals surface area (Å²) in [5, 5.41) is 3.05. The second-order valence-corrected chi connectivity index (χ2v) is 7.47. The quantitative estimate of drug-likeness (QED) is 0.866. The van der Waals surface area contributed by atoms with Crippen LogP contribution in [0.25, 0.3) is 0 Å². The number of hydrogen-bond donors (Lipinski definition) is 1. The van der Waals surface area contributed by atoms with Crippen molar-refractivity contribution in [2.24, 2.45) is 0 Å². The Morgan fingerprint density at radius 1 is 1.04 bits per heavy atom. The van der Waals surface area contributed by atoms with E-state index in [9.17, 15) is 17.6 Å². The zero-order valence-corrected chi connectivity index (χ0v) is 13.7. The van der Waals surface area contributed by atoms with E-state index in [4.69, 9.17) is 11.6 Å². The Bertz CT molecular complexity index is 774. The van der Waals surface area contributed by atoms with Crippen molar-refractivity contribution in [2.75, 3.05) is 5.75 Å². The van der Waals surface area contributed by atoms with Crippen molar-refractivity contribution in [2.45, 2.75) is 17.9 Å². The molecule has 23 heavy (non-hydrogen) atoms. The summed E-state index contributed by atoms with van der Waals surface area (Å²) in [6.07, 6.45) is -0.147. The molecule has 0 saturated carbocycles. The number of nitrogens with one attached hydrogen (secondary N) is 1. The third-order valence-corrected chi connectivity index (χ3v) is 5.16. The summed E-state index contributed by atoms with van der Waals surface area (Å²) < 4.78 is 37.0. The highest BCUT2D eigenvalue weighted by Crippen LogP contribution is 2.16. The molecule has 1 amide bonds. The average molecular weight is 356 g/mol. The number of carbonyl (C=O) groups is 1. The summed E-state index contributed by atoms with van der Waals surface area (Å²) >= 11 is 5.72. The molecule has 122 valence electrons. The first-order valence-electron chi connectivity index (χ1n) is 6.86. The predicted octanol–water partition coefficient (Wildman–Crippen LogP) is 2.96. The number of hydrogen-bond acceptors (Lipinski definition) is 3. The first-order valence-corrected chi connectivity index (χ1v) is 8.89. The largest absolute Gasteiger partial charge is 0.352 e. The van der Waals surface area contributed by atoms with Crippen LogP contribution in [0.3, 0.4) is 0 Å². The fourth-order valence-corrected chi connectivity index (χ4v) is 3.24. The van der Waals surface area contributed by atoms with Crippen molar-refractivity contribution in [1.29, 1.82) is 0 Å². The first-order chi connectivity index (χ1) is 10.9. The molecule has 0 aliphatic carbocycles. The van der Waals surface area contributed by atoms with Crippen LogP contribution in [0.1, 0.15) is 12.0 Å². The second-order valence-electron chi connectivity index (χ2n) is 4.93. The minimum absolute atomic E-state index is 0.133. The second kappa shape index (κ2) is 7.57. The SMILES string of the molecule is O=C(CCS(=O)(=O)c1ccc(Cl)cc1)NCc1ccc(F)cc1. The Labute approximate surface area is 139 Å². The smallest absolute Gasteiger partial charge is 0.221 e. The van der Waals surface area contributed by atoms with E-state index in [1.54, 1.807) is 12.1 Å². The molecule has 1 N–H and O–H groups in total. The van der Waals surface area contributed by atoms with Crippen molar-refractivity contribution in [3.05, 3.63) is 64.9 Å². The Hall–Kier alpha value is -1.92. The molecule has 0 bridgehead atoms. The van der Waals surface area contributed by atoms with Crippen molar-refractivity contribution < 1.29 is 17.6 Å². The zero-order chi connectivity index (χ0) is 16.9. The lowest BCUT2D eigenvalue weighted by molar-refractivity contribution is -0.120. The van der Waals surface area contributed by atoms with Gasteiger partial charge in [0.25, 0.3) is 0 Å². The van der Waals surface area contributed by atoms with Gasteiger partial charge in [-0.15, -0.1) is 0 Å². The molecule has 0 fully saturated rings. The Kier molecular flexibility index (Phi) is 5.74. The van der Waals surface area contributed by atoms with Crippen LogP contribution in [0.4, 0.5) is 4.39 Å². The van der Waals surface area contributed by atoms with Gasteiger partial charge in [-0.3, -0.25) is 4.79 Å². The van der Waals surface area contributed by atoms with E-state index in [0.717, 1.165) is 5.56 Å². The van der Waals surface area contributed by atoms with Gasteiger partial charge < -0.3 is 5.32 Å². The average Bonchev–Trinajstić information content (AvgIpc) is 2.53. The molecule has 0 spiro atoms. The van der Waals surface area contributed by atoms with Gasteiger partial charge in [-0.25, -0.2) is 12.8 Å². The van der Waals surface area contributed by atoms with Crippen LogP contribution < -0.4 is 5.32 Å². The molecule has 0 atom stereocenters. The van der Waals surface area contributed by atoms with Gasteiger partial charge in [-0.2, -0.15) is 0 Å². The number of benzene rings is 2. The van der Waals surface area contributed by atoms with E-state index in [2.05, 4.69) is 5.32 Å². The Morgan fingerprint density at radius 3 is 2.26 bits per heavy atom. The van der Waals surface area contributed by atoms with Crippen molar-refractivity contribution >= 4 is 27.3 Å². The summed E-state index contributed by atoms with van der Waals surface area (Å²) in [5.74, 6) is -1.02. The van der Waals surface area contributed by atoms with Crippen molar-refractivity contribution in [3.8, 4) is 0 Å². The molecule has 0 aliphatic heterocycles. The fraction of sp³-hybridized carbons (Fsp3) is 0.188. The molecule has 0 saturated heterocycles. The lowest BCUT2D eigenvalue weighted by Gasteiger charge is -2.07. The maximum atomic E-state index is 12.8. The lowest BCUT2D eigenvalue weighted by Crippen LogP contribution is -2.25. The number of halogens is 2. The van der Waals surface area contributed by atoms with E-state index in [0.29, 0.717) is 5.02 Å². The minimum atomic E-state index is -3.53. The van der Waals surface area contributed by atoms with E-state index in [-0.39, 0.29) is 35.3 Å². The van der Waals surface area contributed by atoms with Gasteiger partial charge in [0.2, 0.25) is 5.91 Å². The van der Waals surface area contributed by atoms with Crippen molar-refractivity contribution in [3.63, 3.8) is 0 Å². The van der Waals surface area contributed by atoms with Gasteiger partial charge in [-0.05, 0) is 42.0 Å². The van der Waals surface area contributed by atoms with Gasteiger partial charge >= 0.3 is 0 Å². The van der Waals surface area contributed by atoms with Crippen LogP contribution >= 0.6 is 11.6 Å². The molecule has 0 heterocycles. The third kappa shape index (κ3) is 5.33. The highest BCUT2D eigenvalue weighted by Gasteiger charge is 2.16. The van der Waals surface area contributed by atoms with Crippen molar-refractivity contribution in [1.82, 2.24) is 5.32 Å². The molecule has 2 aromatic carbocycles. The Morgan fingerprint density at radius 2 is 1.65 bits per heavy atom. The lowest BCUT2D eigenvalue weighted by atomic mass is 10.2. The molecule has 4 nitrogen and oxygen atoms in total. The molecule has 0 aromatic heterocycles. The minimum Gasteiger partial charge on any atom is -0.352 e. The van der Waals surface area contributed by atoms with Gasteiger partial charge in [0.15, 0.2) is 9.84 Å². The highest BCUT2D eigenvalue weighted by molar-refractivity contribution is 7.91. The normalized spacial score (nSPS) is 11.2. The maximum absolute atomic E-state index is 12.8. The van der Waals surface area contributed by atoms with Gasteiger partial charge in [0.05, 0.1) is 10.6 Å². The monoisotopic (exact) mass is 355 g/mol. The van der Waals surface area contributed by atoms with Gasteiger partial charge in [-0.1, -0.05) is 23.7 Å². The van der Waals surface area contributed by atoms with Crippen LogP contribution in [-0.2, 0) is 21.2 Å². The maximum Gasteiger partial charge on any atom is 0.221 e. The van der Waals surface area contributed by atoms with E-state index >= 15 is 0 Å². The van der Waals surface area contributed by atoms with Gasteiger partial charge in [0, 0.05) is 18.0 Å². The zero-order valence-electron chi connectivity index (χ0n) is 12.1. The molecular weight excluding hydrogens is 341 g/mol. The summed E-state index contributed by atoms with van der Waals surface area (Å²) in [4.78, 5) is 11.9. The summed E-state index contributed by atoms with van der Waals surface area (Å²) in [6.45, 7) is 0.222. The van der Waals surface area contributed by atoms with Crippen LogP contribution in [-0.4, -0.2) is 20.1 Å². The molecule has 7 heteroatoms. The molecule has 2 aromatic rings. The summed E-state index contributed by atoms with van der Waals surface area (Å²) in [7, 11) is -3.53. The Balaban J connectivity index is 1.86. The van der Waals surface area contributed by atoms with Crippen LogP contribution in [0.5, 0.6) is 0 Å². The van der Waals surface area contributed by atoms with Crippen LogP contribution in [0, 0.1) is 5.82 Å². The molecular formula is C16H15ClFNO3S. The third-order valence-electron chi connectivity index (χ3n) is 3.17. The number of amides is 1. The fourth-order valence-electron chi connectivity index (χ4n) is 1.88. The summed E-state index contributed by atoms with van der Waals surface area (Å²) in [5.41, 5.74) is 0.736. The van der Waals surface area contributed by atoms with Gasteiger partial charge in [0.1, 0.15) is 5.82 Å². The molecule has 2 rings (SSSR count). The predicted molar refractivity (Wildman–Crippen MR) is 86.4 cm³/mol. The molecule has 0 radical (unpaired) electrons. The number of sulfone groups is 1. The number of carbonyl (C=O) groups excluding carboxylic acids is 1. The number of rotatable bonds is 6. The molecule has 0 aliphatic rings. The summed E-state index contributed by atoms with van der Waals surface area (Å²) in [6, 6.07) is 11.5. The topological polar surface area (TPSA) is 63.2 Å². The van der Waals surface area contributed by atoms with E-state index in [1.165, 1.54) is 36.4 Å². The standard InChI is InChI=1S/C16H15ClFNO3S/c17-13-3-7-15(8-4-13)23(21,22)10-9-16(20)19-11-12-1-5-14(18)6-2-12/h1-8H,9-11H2,(H,19,20). The van der Waals surface area contributed by atoms with Crippen LogP contribution in [0.2, 0.25) is 5.02 Å². The van der Waals surface area contributed by atoms with Crippen LogP contribution in [0.15, 0.2) is 53.4 Å². The van der Waals surface area contributed by atoms with E-state index < -0.39 is 9.84 Å². The first kappa shape index (κ1) is 17.4. The van der Waals surface area contributed by atoms with E-state index in [1.807, 2.05) is 0 Å².